The Morgan fingerprint density at radius 1 is 1.00 bits per heavy atom. The molecule has 0 saturated carbocycles. The van der Waals surface area contributed by atoms with E-state index in [0.29, 0.717) is 0 Å². The van der Waals surface area contributed by atoms with Crippen LogP contribution < -0.4 is 16.4 Å². The molecular weight excluding hydrogens is 242 g/mol. The molecule has 0 aromatic heterocycles. The van der Waals surface area contributed by atoms with E-state index >= 15 is 0 Å². The first kappa shape index (κ1) is 15.7. The third-order valence-electron chi connectivity index (χ3n) is 0.167. The molecular formula is C2H3CeNO4+2. The van der Waals surface area contributed by atoms with Crippen molar-refractivity contribution in [1.82, 2.24) is 6.15 Å². The molecule has 0 radical (unpaired) electrons. The van der Waals surface area contributed by atoms with Crippen LogP contribution in [0.15, 0.2) is 0 Å². The number of carbonyl (C=O) groups excluding carboxylic acids is 2. The fourth-order valence-electron chi connectivity index (χ4n) is 0. The zero-order valence-corrected chi connectivity index (χ0v) is 6.98. The summed E-state index contributed by atoms with van der Waals surface area (Å²) in [7, 11) is 0. The van der Waals surface area contributed by atoms with Crippen molar-refractivity contribution in [3.8, 4) is 0 Å². The van der Waals surface area contributed by atoms with Gasteiger partial charge in [0.2, 0.25) is 0 Å². The summed E-state index contributed by atoms with van der Waals surface area (Å²) in [4.78, 5) is 17.9. The van der Waals surface area contributed by atoms with Crippen molar-refractivity contribution in [2.24, 2.45) is 0 Å². The van der Waals surface area contributed by atoms with Gasteiger partial charge in [-0.2, -0.15) is 0 Å². The summed E-state index contributed by atoms with van der Waals surface area (Å²) in [5.41, 5.74) is 0. The number of rotatable bonds is 0. The molecule has 3 N–H and O–H groups in total. The summed E-state index contributed by atoms with van der Waals surface area (Å²) in [5.74, 6) is -4.37. The Hall–Kier alpha value is 0.277. The molecule has 0 saturated heterocycles. The molecule has 0 aromatic rings. The van der Waals surface area contributed by atoms with Crippen LogP contribution >= 0.6 is 0 Å². The number of hydrogen-bond donors (Lipinski definition) is 1. The molecule has 8 heavy (non-hydrogen) atoms. The first-order valence-electron chi connectivity index (χ1n) is 1.07. The van der Waals surface area contributed by atoms with Gasteiger partial charge in [-0.1, -0.05) is 0 Å². The number of carboxylic acids is 2. The Labute approximate surface area is 79.0 Å². The number of hydrogen-bond acceptors (Lipinski definition) is 5. The molecule has 5 nitrogen and oxygen atoms in total. The normalized spacial score (nSPS) is 5.50. The molecule has 0 aromatic carbocycles. The molecule has 42 valence electrons. The first-order chi connectivity index (χ1) is 2.64. The van der Waals surface area contributed by atoms with Crippen molar-refractivity contribution in [3.05, 3.63) is 0 Å². The molecule has 0 bridgehead atoms. The standard InChI is InChI=1S/C2H2O4.Ce.H3N/c3-1(4)2(5)6;;/h(H,3,4)(H,5,6);;1H3/q;+4;/p-2. The van der Waals surface area contributed by atoms with Crippen LogP contribution in [0.2, 0.25) is 0 Å². The largest absolute Gasteiger partial charge is 4.00 e. The summed E-state index contributed by atoms with van der Waals surface area (Å²) < 4.78 is 0. The van der Waals surface area contributed by atoms with Crippen LogP contribution in [0.5, 0.6) is 0 Å². The maximum atomic E-state index is 8.93. The number of carbonyl (C=O) groups is 2. The molecule has 0 aliphatic carbocycles. The summed E-state index contributed by atoms with van der Waals surface area (Å²) in [6.45, 7) is 0. The molecule has 0 spiro atoms. The van der Waals surface area contributed by atoms with Crippen LogP contribution in [0.25, 0.3) is 0 Å². The molecule has 0 unspecified atom stereocenters. The van der Waals surface area contributed by atoms with Crippen molar-refractivity contribution in [1.29, 1.82) is 0 Å². The molecule has 0 atom stereocenters. The van der Waals surface area contributed by atoms with E-state index in [2.05, 4.69) is 0 Å². The average Bonchev–Trinajstić information content (AvgIpc) is 1.36. The van der Waals surface area contributed by atoms with Crippen LogP contribution in [-0.2, 0) is 9.59 Å². The third-order valence-corrected chi connectivity index (χ3v) is 0.167. The van der Waals surface area contributed by atoms with Crippen LogP contribution in [0, 0.1) is 41.7 Å². The van der Waals surface area contributed by atoms with Gasteiger partial charge in [0.25, 0.3) is 0 Å². The molecule has 0 fully saturated rings. The average molecular weight is 245 g/mol. The van der Waals surface area contributed by atoms with E-state index < -0.39 is 11.9 Å². The Morgan fingerprint density at radius 3 is 1.12 bits per heavy atom. The topological polar surface area (TPSA) is 115 Å². The minimum absolute atomic E-state index is 0. The third kappa shape index (κ3) is 9.56. The summed E-state index contributed by atoms with van der Waals surface area (Å²) in [6.07, 6.45) is 0. The van der Waals surface area contributed by atoms with Gasteiger partial charge in [-0.3, -0.25) is 0 Å². The smallest absolute Gasteiger partial charge is 0.543 e. The SMILES string of the molecule is N.O=C([O-])C(=O)[O-].[Ce+4]. The summed E-state index contributed by atoms with van der Waals surface area (Å²) >= 11 is 0. The van der Waals surface area contributed by atoms with E-state index in [-0.39, 0.29) is 47.9 Å². The second-order valence-corrected chi connectivity index (χ2v) is 0.575. The van der Waals surface area contributed by atoms with Gasteiger partial charge in [0.1, 0.15) is 0 Å². The van der Waals surface area contributed by atoms with Gasteiger partial charge in [0.05, 0.1) is 11.9 Å². The molecule has 0 aliphatic rings. The van der Waals surface area contributed by atoms with Crippen LogP contribution in [0.3, 0.4) is 0 Å². The first-order valence-corrected chi connectivity index (χ1v) is 1.07. The quantitative estimate of drug-likeness (QED) is 0.448. The predicted molar refractivity (Wildman–Crippen MR) is 15.0 cm³/mol. The van der Waals surface area contributed by atoms with Gasteiger partial charge < -0.3 is 26.0 Å². The monoisotopic (exact) mass is 245 g/mol. The minimum Gasteiger partial charge on any atom is -0.543 e. The fourth-order valence-corrected chi connectivity index (χ4v) is 0. The van der Waals surface area contributed by atoms with E-state index in [4.69, 9.17) is 19.8 Å². The van der Waals surface area contributed by atoms with Crippen molar-refractivity contribution >= 4 is 11.9 Å². The van der Waals surface area contributed by atoms with Gasteiger partial charge in [0, 0.05) is 0 Å². The van der Waals surface area contributed by atoms with Gasteiger partial charge in [0.15, 0.2) is 0 Å². The second kappa shape index (κ2) is 7.28. The van der Waals surface area contributed by atoms with Crippen LogP contribution in [0.1, 0.15) is 0 Å². The van der Waals surface area contributed by atoms with E-state index in [1.54, 1.807) is 0 Å². The number of carboxylic acid groups (broad SMARTS) is 2. The van der Waals surface area contributed by atoms with Crippen molar-refractivity contribution in [2.45, 2.75) is 0 Å². The van der Waals surface area contributed by atoms with Gasteiger partial charge >= 0.3 is 41.7 Å². The summed E-state index contributed by atoms with van der Waals surface area (Å²) in [5, 5.41) is 17.9. The maximum Gasteiger partial charge on any atom is 4.00 e. The Bertz CT molecular complexity index is 80.0. The molecule has 0 amide bonds. The Kier molecular flexibility index (Phi) is 14.3. The summed E-state index contributed by atoms with van der Waals surface area (Å²) in [6, 6.07) is 0. The van der Waals surface area contributed by atoms with Crippen LogP contribution in [-0.4, -0.2) is 11.9 Å². The maximum absolute atomic E-state index is 8.93. The van der Waals surface area contributed by atoms with E-state index in [0.717, 1.165) is 0 Å². The van der Waals surface area contributed by atoms with Gasteiger partial charge in [-0.25, -0.2) is 0 Å². The molecule has 6 heteroatoms. The zero-order chi connectivity index (χ0) is 5.15. The second-order valence-electron chi connectivity index (χ2n) is 0.575. The van der Waals surface area contributed by atoms with E-state index in [1.165, 1.54) is 0 Å². The Balaban J connectivity index is -0.000000125. The predicted octanol–water partition coefficient (Wildman–Crippen LogP) is -3.35. The zero-order valence-electron chi connectivity index (χ0n) is 3.84. The van der Waals surface area contributed by atoms with Crippen LogP contribution in [0.4, 0.5) is 0 Å². The van der Waals surface area contributed by atoms with E-state index in [1.807, 2.05) is 0 Å². The van der Waals surface area contributed by atoms with E-state index in [9.17, 15) is 0 Å². The molecule has 0 heterocycles. The van der Waals surface area contributed by atoms with Gasteiger partial charge in [-0.15, -0.1) is 0 Å². The van der Waals surface area contributed by atoms with Crippen molar-refractivity contribution < 1.29 is 61.5 Å². The molecule has 0 aliphatic heterocycles. The van der Waals surface area contributed by atoms with Crippen molar-refractivity contribution in [3.63, 3.8) is 0 Å². The minimum atomic E-state index is -2.19. The Morgan fingerprint density at radius 2 is 1.12 bits per heavy atom. The van der Waals surface area contributed by atoms with Gasteiger partial charge in [-0.05, 0) is 0 Å². The van der Waals surface area contributed by atoms with Crippen molar-refractivity contribution in [2.75, 3.05) is 0 Å². The number of aliphatic carboxylic acids is 2. The molecule has 0 rings (SSSR count). The fraction of sp³-hybridized carbons (Fsp3) is 0.